The van der Waals surface area contributed by atoms with Gasteiger partial charge in [-0.05, 0) is 24.3 Å². The lowest BCUT2D eigenvalue weighted by molar-refractivity contribution is 0.824. The van der Waals surface area contributed by atoms with Crippen LogP contribution in [0.25, 0.3) is 88.6 Å². The molecule has 7 aromatic rings. The van der Waals surface area contributed by atoms with Gasteiger partial charge in [0.15, 0.2) is 0 Å². The van der Waals surface area contributed by atoms with Crippen molar-refractivity contribution in [3.8, 4) is 45.0 Å². The molecular formula is C36H24N4O. The molecule has 0 amide bonds. The van der Waals surface area contributed by atoms with Gasteiger partial charge in [0.1, 0.15) is 0 Å². The molecule has 2 aliphatic rings. The van der Waals surface area contributed by atoms with Crippen molar-refractivity contribution in [2.75, 3.05) is 0 Å². The Labute approximate surface area is 235 Å². The summed E-state index contributed by atoms with van der Waals surface area (Å²) < 4.78 is 0. The van der Waals surface area contributed by atoms with Crippen molar-refractivity contribution in [1.29, 1.82) is 0 Å². The van der Waals surface area contributed by atoms with Crippen molar-refractivity contribution in [2.24, 2.45) is 0 Å². The van der Waals surface area contributed by atoms with Crippen molar-refractivity contribution < 1.29 is 5.48 Å². The van der Waals surface area contributed by atoms with E-state index in [2.05, 4.69) is 131 Å². The summed E-state index contributed by atoms with van der Waals surface area (Å²) in [6.45, 7) is 0. The molecule has 9 rings (SSSR count). The van der Waals surface area contributed by atoms with E-state index in [1.165, 1.54) is 0 Å². The van der Waals surface area contributed by atoms with E-state index in [9.17, 15) is 0 Å². The smallest absolute Gasteiger partial charge is 0.0737 e. The molecular weight excluding hydrogens is 504 g/mol. The van der Waals surface area contributed by atoms with Gasteiger partial charge in [0, 0.05) is 65.9 Å². The number of rotatable bonds is 0. The maximum atomic E-state index is 5.17. The maximum Gasteiger partial charge on any atom is 0.0737 e. The van der Waals surface area contributed by atoms with E-state index in [0.717, 1.165) is 88.6 Å². The van der Waals surface area contributed by atoms with E-state index in [-0.39, 0.29) is 5.48 Å². The summed E-state index contributed by atoms with van der Waals surface area (Å²) in [6.07, 6.45) is 0. The number of hydrogen-bond donors (Lipinski definition) is 2. The highest BCUT2D eigenvalue weighted by Crippen LogP contribution is 2.40. The summed E-state index contributed by atoms with van der Waals surface area (Å²) in [5, 5.41) is 4.66. The highest BCUT2D eigenvalue weighted by Gasteiger charge is 2.19. The number of nitrogens with zero attached hydrogens (tertiary/aromatic N) is 2. The Balaban J connectivity index is 0.00000256. The third-order valence-electron chi connectivity index (χ3n) is 8.12. The third kappa shape index (κ3) is 3.46. The normalized spacial score (nSPS) is 11.7. The van der Waals surface area contributed by atoms with E-state index in [1.807, 2.05) is 0 Å². The minimum atomic E-state index is 0. The fraction of sp³-hybridized carbons (Fsp3) is 0. The Hall–Kier alpha value is -5.52. The molecule has 0 spiro atoms. The monoisotopic (exact) mass is 528 g/mol. The van der Waals surface area contributed by atoms with Crippen LogP contribution in [0.2, 0.25) is 0 Å². The number of fused-ring (bicyclic) bond motifs is 20. The molecule has 0 atom stereocenters. The van der Waals surface area contributed by atoms with Crippen LogP contribution in [0, 0.1) is 0 Å². The SMILES string of the molecule is O.c1ccc2c(c1)-c1cc3[nH]c(cc4nc(cc5[nH]c(cc-2n1)c1ccccc51)-c1ccccc1-4)c1ccccc31. The van der Waals surface area contributed by atoms with Crippen molar-refractivity contribution >= 4 is 43.6 Å². The van der Waals surface area contributed by atoms with Crippen LogP contribution in [0.4, 0.5) is 0 Å². The van der Waals surface area contributed by atoms with Crippen LogP contribution in [0.5, 0.6) is 0 Å². The lowest BCUT2D eigenvalue weighted by Crippen LogP contribution is -1.75. The molecule has 5 heterocycles. The van der Waals surface area contributed by atoms with Crippen LogP contribution in [0.15, 0.2) is 121 Å². The number of benzene rings is 4. The van der Waals surface area contributed by atoms with Gasteiger partial charge in [0.2, 0.25) is 0 Å². The van der Waals surface area contributed by atoms with Crippen molar-refractivity contribution in [2.45, 2.75) is 0 Å². The van der Waals surface area contributed by atoms with Gasteiger partial charge in [-0.3, -0.25) is 0 Å². The van der Waals surface area contributed by atoms with E-state index < -0.39 is 0 Å². The van der Waals surface area contributed by atoms with Crippen molar-refractivity contribution in [3.05, 3.63) is 121 Å². The Bertz CT molecular complexity index is 2020. The first-order valence-electron chi connectivity index (χ1n) is 13.5. The average molecular weight is 529 g/mol. The summed E-state index contributed by atoms with van der Waals surface area (Å²) in [7, 11) is 0. The number of hydrogen-bond acceptors (Lipinski definition) is 2. The predicted octanol–water partition coefficient (Wildman–Crippen LogP) is 8.46. The summed E-state index contributed by atoms with van der Waals surface area (Å²) in [4.78, 5) is 17.8. The molecule has 0 aliphatic carbocycles. The van der Waals surface area contributed by atoms with Gasteiger partial charge in [-0.1, -0.05) is 97.1 Å². The zero-order valence-corrected chi connectivity index (χ0v) is 21.9. The zero-order valence-electron chi connectivity index (χ0n) is 21.9. The minimum Gasteiger partial charge on any atom is -0.412 e. The van der Waals surface area contributed by atoms with Crippen LogP contribution in [0.3, 0.4) is 0 Å². The fourth-order valence-electron chi connectivity index (χ4n) is 6.27. The number of H-pyrrole nitrogens is 2. The van der Waals surface area contributed by atoms with E-state index in [0.29, 0.717) is 0 Å². The fourth-order valence-corrected chi connectivity index (χ4v) is 6.27. The predicted molar refractivity (Wildman–Crippen MR) is 168 cm³/mol. The molecule has 3 aromatic heterocycles. The Morgan fingerprint density at radius 3 is 0.854 bits per heavy atom. The quantitative estimate of drug-likeness (QED) is 0.207. The van der Waals surface area contributed by atoms with Crippen LogP contribution < -0.4 is 0 Å². The second kappa shape index (κ2) is 8.74. The first-order valence-corrected chi connectivity index (χ1v) is 13.5. The molecule has 4 N–H and O–H groups in total. The third-order valence-corrected chi connectivity index (χ3v) is 8.12. The largest absolute Gasteiger partial charge is 0.412 e. The Kier molecular flexibility index (Phi) is 4.99. The molecule has 5 heteroatoms. The van der Waals surface area contributed by atoms with Gasteiger partial charge in [-0.25, -0.2) is 9.97 Å². The highest BCUT2D eigenvalue weighted by atomic mass is 16.0. The molecule has 2 aliphatic heterocycles. The van der Waals surface area contributed by atoms with Crippen LogP contribution >= 0.6 is 0 Å². The van der Waals surface area contributed by atoms with Crippen LogP contribution in [0.1, 0.15) is 0 Å². The van der Waals surface area contributed by atoms with Gasteiger partial charge in [0.05, 0.1) is 22.8 Å². The number of aromatic nitrogens is 4. The lowest BCUT2D eigenvalue weighted by atomic mass is 10.0. The molecule has 0 fully saturated rings. The standard InChI is InChI=1S/C36H22N4.H2O/c1-2-10-22-21(9-1)29-17-31-23-11-3-4-12-24(23)33(38-31)19-35-27-15-7-8-16-28(27)36(40-35)20-34-26-14-6-5-13-25(26)32(39-34)18-30(22)37-29;/h1-20,37,40H;1H2. The Morgan fingerprint density at radius 2 is 0.585 bits per heavy atom. The molecule has 194 valence electrons. The van der Waals surface area contributed by atoms with E-state index in [1.54, 1.807) is 0 Å². The number of nitrogens with one attached hydrogen (secondary N) is 2. The van der Waals surface area contributed by atoms with Crippen molar-refractivity contribution in [3.63, 3.8) is 0 Å². The summed E-state index contributed by atoms with van der Waals surface area (Å²) in [5.41, 5.74) is 12.5. The maximum absolute atomic E-state index is 5.17. The summed E-state index contributed by atoms with van der Waals surface area (Å²) >= 11 is 0. The molecule has 0 unspecified atom stereocenters. The van der Waals surface area contributed by atoms with E-state index in [4.69, 9.17) is 9.97 Å². The molecule has 0 saturated heterocycles. The lowest BCUT2D eigenvalue weighted by Gasteiger charge is -1.97. The second-order valence-corrected chi connectivity index (χ2v) is 10.4. The highest BCUT2D eigenvalue weighted by molar-refractivity contribution is 6.10. The average Bonchev–Trinajstić information content (AvgIpc) is 3.73. The first kappa shape index (κ1) is 23.4. The van der Waals surface area contributed by atoms with Gasteiger partial charge >= 0.3 is 0 Å². The molecule has 0 radical (unpaired) electrons. The van der Waals surface area contributed by atoms with Gasteiger partial charge in [0.25, 0.3) is 0 Å². The van der Waals surface area contributed by atoms with Crippen LogP contribution in [-0.2, 0) is 0 Å². The first-order chi connectivity index (χ1) is 19.8. The number of aromatic amines is 2. The summed E-state index contributed by atoms with van der Waals surface area (Å²) in [6, 6.07) is 42.7. The molecule has 0 saturated carbocycles. The van der Waals surface area contributed by atoms with E-state index >= 15 is 0 Å². The zero-order chi connectivity index (χ0) is 26.2. The summed E-state index contributed by atoms with van der Waals surface area (Å²) in [5.74, 6) is 0. The Morgan fingerprint density at radius 1 is 0.341 bits per heavy atom. The van der Waals surface area contributed by atoms with Gasteiger partial charge < -0.3 is 15.4 Å². The van der Waals surface area contributed by atoms with Crippen molar-refractivity contribution in [1.82, 2.24) is 19.9 Å². The molecule has 8 bridgehead atoms. The molecule has 4 aromatic carbocycles. The topological polar surface area (TPSA) is 88.9 Å². The minimum absolute atomic E-state index is 0. The van der Waals surface area contributed by atoms with Crippen LogP contribution in [-0.4, -0.2) is 25.4 Å². The van der Waals surface area contributed by atoms with Gasteiger partial charge in [-0.15, -0.1) is 0 Å². The van der Waals surface area contributed by atoms with Gasteiger partial charge in [-0.2, -0.15) is 0 Å². The molecule has 5 nitrogen and oxygen atoms in total. The second-order valence-electron chi connectivity index (χ2n) is 10.4. The molecule has 41 heavy (non-hydrogen) atoms.